The van der Waals surface area contributed by atoms with E-state index in [0.717, 1.165) is 11.3 Å². The molecule has 1 aliphatic heterocycles. The maximum atomic E-state index is 12.2. The second-order valence-corrected chi connectivity index (χ2v) is 4.74. The van der Waals surface area contributed by atoms with Crippen molar-refractivity contribution in [1.29, 1.82) is 0 Å². The number of rotatable bonds is 3. The van der Waals surface area contributed by atoms with Gasteiger partial charge in [0.05, 0.1) is 18.6 Å². The standard InChI is InChI=1S/C17H16O3/c1-2-19-13-7-5-6-12(10-13)17-11-15(18)14-8-3-4-9-16(14)20-17/h3-10,17H,2,11H2,1H3. The van der Waals surface area contributed by atoms with Gasteiger partial charge in [-0.25, -0.2) is 0 Å². The predicted octanol–water partition coefficient (Wildman–Crippen LogP) is 3.79. The van der Waals surface area contributed by atoms with E-state index in [9.17, 15) is 4.79 Å². The van der Waals surface area contributed by atoms with Crippen LogP contribution >= 0.6 is 0 Å². The highest BCUT2D eigenvalue weighted by atomic mass is 16.5. The zero-order chi connectivity index (χ0) is 13.9. The molecular formula is C17H16O3. The minimum atomic E-state index is -0.238. The molecule has 0 saturated carbocycles. The molecule has 0 aromatic heterocycles. The van der Waals surface area contributed by atoms with Gasteiger partial charge in [0.1, 0.15) is 17.6 Å². The van der Waals surface area contributed by atoms with Crippen LogP contribution in [0.5, 0.6) is 11.5 Å². The molecule has 3 heteroatoms. The number of hydrogen-bond acceptors (Lipinski definition) is 3. The van der Waals surface area contributed by atoms with E-state index in [-0.39, 0.29) is 11.9 Å². The number of fused-ring (bicyclic) bond motifs is 1. The Morgan fingerprint density at radius 3 is 2.90 bits per heavy atom. The van der Waals surface area contributed by atoms with E-state index < -0.39 is 0 Å². The number of benzene rings is 2. The Morgan fingerprint density at radius 2 is 2.05 bits per heavy atom. The highest BCUT2D eigenvalue weighted by Gasteiger charge is 2.27. The molecule has 0 aliphatic carbocycles. The molecule has 0 radical (unpaired) electrons. The first kappa shape index (κ1) is 12.7. The summed E-state index contributed by atoms with van der Waals surface area (Å²) in [5.41, 5.74) is 1.64. The normalized spacial score (nSPS) is 17.2. The van der Waals surface area contributed by atoms with E-state index in [1.165, 1.54) is 0 Å². The van der Waals surface area contributed by atoms with E-state index in [4.69, 9.17) is 9.47 Å². The highest BCUT2D eigenvalue weighted by molar-refractivity contribution is 5.99. The van der Waals surface area contributed by atoms with Gasteiger partial charge in [0.2, 0.25) is 0 Å². The van der Waals surface area contributed by atoms with Crippen molar-refractivity contribution in [2.75, 3.05) is 6.61 Å². The van der Waals surface area contributed by atoms with E-state index >= 15 is 0 Å². The van der Waals surface area contributed by atoms with Crippen molar-refractivity contribution in [2.45, 2.75) is 19.4 Å². The van der Waals surface area contributed by atoms with Gasteiger partial charge in [-0.15, -0.1) is 0 Å². The summed E-state index contributed by atoms with van der Waals surface area (Å²) in [5, 5.41) is 0. The molecule has 1 unspecified atom stereocenters. The Balaban J connectivity index is 1.89. The first-order chi connectivity index (χ1) is 9.78. The lowest BCUT2D eigenvalue weighted by Crippen LogP contribution is -2.20. The summed E-state index contributed by atoms with van der Waals surface area (Å²) in [5.74, 6) is 1.59. The number of para-hydroxylation sites is 1. The van der Waals surface area contributed by atoms with Crippen LogP contribution in [-0.4, -0.2) is 12.4 Å². The van der Waals surface area contributed by atoms with Gasteiger partial charge in [0.25, 0.3) is 0 Å². The Kier molecular flexibility index (Phi) is 3.42. The summed E-state index contributed by atoms with van der Waals surface area (Å²) in [6, 6.07) is 15.1. The maximum absolute atomic E-state index is 12.2. The van der Waals surface area contributed by atoms with Crippen LogP contribution < -0.4 is 9.47 Å². The lowest BCUT2D eigenvalue weighted by molar-refractivity contribution is 0.0849. The van der Waals surface area contributed by atoms with Gasteiger partial charge in [-0.1, -0.05) is 24.3 Å². The second-order valence-electron chi connectivity index (χ2n) is 4.74. The lowest BCUT2D eigenvalue weighted by atomic mass is 9.96. The number of carbonyl (C=O) groups excluding carboxylic acids is 1. The molecule has 1 heterocycles. The van der Waals surface area contributed by atoms with Crippen LogP contribution in [-0.2, 0) is 0 Å². The van der Waals surface area contributed by atoms with Gasteiger partial charge in [-0.3, -0.25) is 4.79 Å². The first-order valence-corrected chi connectivity index (χ1v) is 6.79. The fourth-order valence-corrected chi connectivity index (χ4v) is 2.43. The maximum Gasteiger partial charge on any atom is 0.170 e. The Bertz CT molecular complexity index is 634. The third-order valence-corrected chi connectivity index (χ3v) is 3.37. The fourth-order valence-electron chi connectivity index (χ4n) is 2.43. The molecule has 0 amide bonds. The number of Topliss-reactive ketones (excluding diaryl/α,β-unsaturated/α-hetero) is 1. The Labute approximate surface area is 118 Å². The summed E-state index contributed by atoms with van der Waals surface area (Å²) >= 11 is 0. The average Bonchev–Trinajstić information content (AvgIpc) is 2.48. The number of ketones is 1. The molecule has 0 fully saturated rings. The molecule has 102 valence electrons. The third kappa shape index (κ3) is 2.39. The molecule has 1 atom stereocenters. The van der Waals surface area contributed by atoms with Gasteiger partial charge in [-0.05, 0) is 36.8 Å². The SMILES string of the molecule is CCOc1cccc(C2CC(=O)c3ccccc3O2)c1. The van der Waals surface area contributed by atoms with E-state index in [1.54, 1.807) is 0 Å². The monoisotopic (exact) mass is 268 g/mol. The van der Waals surface area contributed by atoms with Gasteiger partial charge in [0, 0.05) is 0 Å². The van der Waals surface area contributed by atoms with Crippen LogP contribution in [0.1, 0.15) is 35.4 Å². The quantitative estimate of drug-likeness (QED) is 0.849. The largest absolute Gasteiger partial charge is 0.494 e. The van der Waals surface area contributed by atoms with Gasteiger partial charge < -0.3 is 9.47 Å². The van der Waals surface area contributed by atoms with Crippen LogP contribution in [0.3, 0.4) is 0 Å². The van der Waals surface area contributed by atoms with Crippen molar-refractivity contribution in [2.24, 2.45) is 0 Å². The molecule has 3 rings (SSSR count). The van der Waals surface area contributed by atoms with Crippen LogP contribution in [0.15, 0.2) is 48.5 Å². The first-order valence-electron chi connectivity index (χ1n) is 6.79. The molecule has 1 aliphatic rings. The molecule has 0 spiro atoms. The zero-order valence-electron chi connectivity index (χ0n) is 11.3. The Morgan fingerprint density at radius 1 is 1.20 bits per heavy atom. The summed E-state index contributed by atoms with van der Waals surface area (Å²) in [6.07, 6.45) is 0.130. The van der Waals surface area contributed by atoms with E-state index in [1.807, 2.05) is 55.5 Å². The average molecular weight is 268 g/mol. The van der Waals surface area contributed by atoms with Crippen molar-refractivity contribution in [1.82, 2.24) is 0 Å². The van der Waals surface area contributed by atoms with Crippen molar-refractivity contribution in [3.8, 4) is 11.5 Å². The molecule has 3 nitrogen and oxygen atoms in total. The van der Waals surface area contributed by atoms with E-state index in [2.05, 4.69) is 0 Å². The second kappa shape index (κ2) is 5.37. The molecule has 2 aromatic carbocycles. The van der Waals surface area contributed by atoms with Gasteiger partial charge in [0.15, 0.2) is 5.78 Å². The molecule has 0 N–H and O–H groups in total. The van der Waals surface area contributed by atoms with E-state index in [0.29, 0.717) is 24.3 Å². The highest BCUT2D eigenvalue weighted by Crippen LogP contribution is 2.35. The van der Waals surface area contributed by atoms with Crippen molar-refractivity contribution >= 4 is 5.78 Å². The van der Waals surface area contributed by atoms with Crippen molar-refractivity contribution in [3.05, 3.63) is 59.7 Å². The van der Waals surface area contributed by atoms with Gasteiger partial charge >= 0.3 is 0 Å². The van der Waals surface area contributed by atoms with Crippen LogP contribution in [0.4, 0.5) is 0 Å². The molecule has 0 saturated heterocycles. The topological polar surface area (TPSA) is 35.5 Å². The minimum Gasteiger partial charge on any atom is -0.494 e. The number of hydrogen-bond donors (Lipinski definition) is 0. The van der Waals surface area contributed by atoms with Gasteiger partial charge in [-0.2, -0.15) is 0 Å². The number of ether oxygens (including phenoxy) is 2. The minimum absolute atomic E-state index is 0.124. The van der Waals surface area contributed by atoms with Crippen molar-refractivity contribution < 1.29 is 14.3 Å². The number of carbonyl (C=O) groups is 1. The summed E-state index contributed by atoms with van der Waals surface area (Å²) < 4.78 is 11.4. The molecule has 2 aromatic rings. The summed E-state index contributed by atoms with van der Waals surface area (Å²) in [6.45, 7) is 2.57. The smallest absolute Gasteiger partial charge is 0.170 e. The fraction of sp³-hybridized carbons (Fsp3) is 0.235. The predicted molar refractivity (Wildman–Crippen MR) is 76.4 cm³/mol. The van der Waals surface area contributed by atoms with Crippen LogP contribution in [0.2, 0.25) is 0 Å². The molecular weight excluding hydrogens is 252 g/mol. The molecule has 20 heavy (non-hydrogen) atoms. The Hall–Kier alpha value is -2.29. The zero-order valence-corrected chi connectivity index (χ0v) is 11.3. The molecule has 0 bridgehead atoms. The lowest BCUT2D eigenvalue weighted by Gasteiger charge is -2.25. The van der Waals surface area contributed by atoms with Crippen LogP contribution in [0, 0.1) is 0 Å². The summed E-state index contributed by atoms with van der Waals surface area (Å²) in [7, 11) is 0. The summed E-state index contributed by atoms with van der Waals surface area (Å²) in [4.78, 5) is 12.2. The third-order valence-electron chi connectivity index (χ3n) is 3.37. The van der Waals surface area contributed by atoms with Crippen molar-refractivity contribution in [3.63, 3.8) is 0 Å². The van der Waals surface area contributed by atoms with Crippen LogP contribution in [0.25, 0.3) is 0 Å².